The number of ether oxygens (including phenoxy) is 1. The molecule has 0 radical (unpaired) electrons. The van der Waals surface area contributed by atoms with Gasteiger partial charge >= 0.3 is 6.09 Å². The largest absolute Gasteiger partial charge is 0.436 e. The van der Waals surface area contributed by atoms with Gasteiger partial charge in [-0.05, 0) is 42.0 Å². The zero-order valence-corrected chi connectivity index (χ0v) is 15.0. The van der Waals surface area contributed by atoms with E-state index in [1.165, 1.54) is 12.1 Å². The number of cyclic esters (lactones) is 1. The Labute approximate surface area is 160 Å². The maximum atomic E-state index is 13.0. The first-order chi connectivity index (χ1) is 13.1. The number of carbonyl (C=O) groups excluding carboxylic acids is 1. The minimum atomic E-state index is -0.588. The number of carbonyl (C=O) groups is 1. The van der Waals surface area contributed by atoms with Crippen LogP contribution in [-0.4, -0.2) is 6.09 Å². The van der Waals surface area contributed by atoms with Gasteiger partial charge in [0.15, 0.2) is 6.10 Å². The average molecular weight is 383 g/mol. The molecule has 0 spiro atoms. The number of amides is 1. The van der Waals surface area contributed by atoms with Crippen LogP contribution >= 0.6 is 11.6 Å². The molecule has 1 aliphatic heterocycles. The third-order valence-corrected chi connectivity index (χ3v) is 4.74. The Morgan fingerprint density at radius 3 is 2.59 bits per heavy atom. The van der Waals surface area contributed by atoms with E-state index in [4.69, 9.17) is 16.3 Å². The lowest BCUT2D eigenvalue weighted by Gasteiger charge is -2.27. The Bertz CT molecular complexity index is 992. The van der Waals surface area contributed by atoms with Crippen molar-refractivity contribution in [2.75, 3.05) is 10.6 Å². The highest BCUT2D eigenvalue weighted by Crippen LogP contribution is 2.39. The van der Waals surface area contributed by atoms with Crippen molar-refractivity contribution in [3.8, 4) is 0 Å². The SMILES string of the molecule is O=C1Nc2ccc(NCc3ccc(F)cc3)cc2C(c2ccccc2Cl)O1. The van der Waals surface area contributed by atoms with Crippen LogP contribution in [-0.2, 0) is 11.3 Å². The van der Waals surface area contributed by atoms with Gasteiger partial charge in [0.25, 0.3) is 0 Å². The second kappa shape index (κ2) is 7.29. The van der Waals surface area contributed by atoms with E-state index in [1.807, 2.05) is 36.4 Å². The van der Waals surface area contributed by atoms with Crippen LogP contribution < -0.4 is 10.6 Å². The lowest BCUT2D eigenvalue weighted by atomic mass is 9.98. The summed E-state index contributed by atoms with van der Waals surface area (Å²) in [7, 11) is 0. The molecular weight excluding hydrogens is 367 g/mol. The molecule has 3 aromatic rings. The summed E-state index contributed by atoms with van der Waals surface area (Å²) >= 11 is 6.31. The van der Waals surface area contributed by atoms with Crippen molar-refractivity contribution in [3.05, 3.63) is 94.3 Å². The van der Waals surface area contributed by atoms with Crippen molar-refractivity contribution in [2.45, 2.75) is 12.6 Å². The fourth-order valence-corrected chi connectivity index (χ4v) is 3.27. The second-order valence-electron chi connectivity index (χ2n) is 6.21. The summed E-state index contributed by atoms with van der Waals surface area (Å²) in [6.07, 6.45) is -1.10. The summed E-state index contributed by atoms with van der Waals surface area (Å²) in [5.74, 6) is -0.261. The molecule has 2 N–H and O–H groups in total. The molecule has 136 valence electrons. The Morgan fingerprint density at radius 2 is 1.81 bits per heavy atom. The Balaban J connectivity index is 1.62. The summed E-state index contributed by atoms with van der Waals surface area (Å²) in [5.41, 5.74) is 4.04. The molecule has 1 aliphatic rings. The number of hydrogen-bond acceptors (Lipinski definition) is 3. The molecule has 3 aromatic carbocycles. The van der Waals surface area contributed by atoms with E-state index in [9.17, 15) is 9.18 Å². The van der Waals surface area contributed by atoms with Gasteiger partial charge in [-0.3, -0.25) is 5.32 Å². The highest BCUT2D eigenvalue weighted by Gasteiger charge is 2.29. The van der Waals surface area contributed by atoms with Gasteiger partial charge in [0.05, 0.1) is 5.69 Å². The van der Waals surface area contributed by atoms with Crippen LogP contribution in [0.1, 0.15) is 22.8 Å². The standard InChI is InChI=1S/C21H16ClFN2O2/c22-18-4-2-1-3-16(18)20-17-11-15(9-10-19(17)25-21(26)27-20)24-12-13-5-7-14(23)8-6-13/h1-11,20,24H,12H2,(H,25,26). The Morgan fingerprint density at radius 1 is 1.04 bits per heavy atom. The van der Waals surface area contributed by atoms with E-state index in [1.54, 1.807) is 18.2 Å². The van der Waals surface area contributed by atoms with Crippen LogP contribution in [0.5, 0.6) is 0 Å². The van der Waals surface area contributed by atoms with Crippen LogP contribution in [0.3, 0.4) is 0 Å². The van der Waals surface area contributed by atoms with Crippen molar-refractivity contribution in [2.24, 2.45) is 0 Å². The molecule has 0 saturated carbocycles. The van der Waals surface area contributed by atoms with Crippen LogP contribution in [0.15, 0.2) is 66.7 Å². The number of fused-ring (bicyclic) bond motifs is 1. The summed E-state index contributed by atoms with van der Waals surface area (Å²) in [5, 5.41) is 6.55. The molecule has 0 aliphatic carbocycles. The lowest BCUT2D eigenvalue weighted by molar-refractivity contribution is 0.127. The molecule has 27 heavy (non-hydrogen) atoms. The molecule has 6 heteroatoms. The minimum absolute atomic E-state index is 0.261. The number of anilines is 2. The van der Waals surface area contributed by atoms with Crippen molar-refractivity contribution in [1.29, 1.82) is 0 Å². The first kappa shape index (κ1) is 17.4. The zero-order chi connectivity index (χ0) is 18.8. The van der Waals surface area contributed by atoms with E-state index in [0.29, 0.717) is 17.3 Å². The van der Waals surface area contributed by atoms with Crippen molar-refractivity contribution >= 4 is 29.1 Å². The van der Waals surface area contributed by atoms with Crippen molar-refractivity contribution in [3.63, 3.8) is 0 Å². The van der Waals surface area contributed by atoms with E-state index in [2.05, 4.69) is 10.6 Å². The molecule has 4 nitrogen and oxygen atoms in total. The van der Waals surface area contributed by atoms with E-state index < -0.39 is 12.2 Å². The van der Waals surface area contributed by atoms with Gasteiger partial charge in [0.2, 0.25) is 0 Å². The fourth-order valence-electron chi connectivity index (χ4n) is 3.04. The smallest absolute Gasteiger partial charge is 0.412 e. The lowest BCUT2D eigenvalue weighted by Crippen LogP contribution is -2.25. The number of hydrogen-bond donors (Lipinski definition) is 2. The molecule has 1 heterocycles. The summed E-state index contributed by atoms with van der Waals surface area (Å²) < 4.78 is 18.5. The monoisotopic (exact) mass is 382 g/mol. The van der Waals surface area contributed by atoms with Crippen LogP contribution in [0.2, 0.25) is 5.02 Å². The third-order valence-electron chi connectivity index (χ3n) is 4.39. The van der Waals surface area contributed by atoms with E-state index in [-0.39, 0.29) is 5.82 Å². The van der Waals surface area contributed by atoms with Gasteiger partial charge in [0, 0.05) is 28.4 Å². The van der Waals surface area contributed by atoms with Gasteiger partial charge in [-0.1, -0.05) is 41.9 Å². The van der Waals surface area contributed by atoms with Gasteiger partial charge in [-0.25, -0.2) is 9.18 Å². The zero-order valence-electron chi connectivity index (χ0n) is 14.2. The topological polar surface area (TPSA) is 50.4 Å². The number of nitrogens with one attached hydrogen (secondary N) is 2. The van der Waals surface area contributed by atoms with Gasteiger partial charge in [0.1, 0.15) is 5.82 Å². The Hall–Kier alpha value is -3.05. The van der Waals surface area contributed by atoms with Gasteiger partial charge in [-0.15, -0.1) is 0 Å². The Kier molecular flexibility index (Phi) is 4.69. The van der Waals surface area contributed by atoms with Gasteiger partial charge in [-0.2, -0.15) is 0 Å². The summed E-state index contributed by atoms with van der Waals surface area (Å²) in [6.45, 7) is 0.545. The predicted octanol–water partition coefficient (Wildman–Crippen LogP) is 5.74. The molecule has 1 unspecified atom stereocenters. The normalized spacial score (nSPS) is 15.5. The molecule has 4 rings (SSSR count). The molecule has 0 aromatic heterocycles. The molecule has 1 atom stereocenters. The molecule has 0 bridgehead atoms. The second-order valence-corrected chi connectivity index (χ2v) is 6.62. The fraction of sp³-hybridized carbons (Fsp3) is 0.0952. The number of halogens is 2. The molecule has 0 fully saturated rings. The quantitative estimate of drug-likeness (QED) is 0.604. The van der Waals surface area contributed by atoms with Crippen LogP contribution in [0.25, 0.3) is 0 Å². The first-order valence-corrected chi connectivity index (χ1v) is 8.82. The first-order valence-electron chi connectivity index (χ1n) is 8.44. The van der Waals surface area contributed by atoms with Crippen LogP contribution in [0.4, 0.5) is 20.6 Å². The molecule has 0 saturated heterocycles. The maximum absolute atomic E-state index is 13.0. The van der Waals surface area contributed by atoms with Crippen molar-refractivity contribution in [1.82, 2.24) is 0 Å². The van der Waals surface area contributed by atoms with Gasteiger partial charge < -0.3 is 10.1 Å². The number of rotatable bonds is 4. The molecular formula is C21H16ClFN2O2. The third kappa shape index (κ3) is 3.73. The average Bonchev–Trinajstić information content (AvgIpc) is 2.67. The van der Waals surface area contributed by atoms with Crippen LogP contribution in [0, 0.1) is 5.82 Å². The van der Waals surface area contributed by atoms with E-state index >= 15 is 0 Å². The predicted molar refractivity (Wildman–Crippen MR) is 104 cm³/mol. The summed E-state index contributed by atoms with van der Waals surface area (Å²) in [4.78, 5) is 11.9. The highest BCUT2D eigenvalue weighted by atomic mass is 35.5. The van der Waals surface area contributed by atoms with Crippen molar-refractivity contribution < 1.29 is 13.9 Å². The summed E-state index contributed by atoms with van der Waals surface area (Å²) in [6, 6.07) is 19.2. The maximum Gasteiger partial charge on any atom is 0.412 e. The van der Waals surface area contributed by atoms with E-state index in [0.717, 1.165) is 22.4 Å². The highest BCUT2D eigenvalue weighted by molar-refractivity contribution is 6.31. The number of benzene rings is 3. The molecule has 1 amide bonds. The minimum Gasteiger partial charge on any atom is -0.436 e.